The summed E-state index contributed by atoms with van der Waals surface area (Å²) in [4.78, 5) is 17.9. The molecule has 1 amide bonds. The van der Waals surface area contributed by atoms with E-state index in [1.807, 2.05) is 19.1 Å². The molecule has 0 saturated heterocycles. The van der Waals surface area contributed by atoms with Crippen LogP contribution < -0.4 is 10.6 Å². The molecule has 0 fully saturated rings. The molecule has 3 N–H and O–H groups in total. The lowest BCUT2D eigenvalue weighted by Gasteiger charge is -2.13. The zero-order valence-electron chi connectivity index (χ0n) is 15.8. The Hall–Kier alpha value is -3.09. The molecule has 2 aromatic rings. The van der Waals surface area contributed by atoms with Crippen molar-refractivity contribution in [2.75, 3.05) is 20.6 Å². The Kier molecular flexibility index (Phi) is 7.16. The first kappa shape index (κ1) is 20.2. The van der Waals surface area contributed by atoms with Crippen molar-refractivity contribution in [2.45, 2.75) is 20.0 Å². The van der Waals surface area contributed by atoms with Gasteiger partial charge in [-0.15, -0.1) is 0 Å². The fourth-order valence-corrected chi connectivity index (χ4v) is 2.37. The highest BCUT2D eigenvalue weighted by Crippen LogP contribution is 2.16. The molecule has 2 rings (SSSR count). The maximum atomic E-state index is 13.4. The Labute approximate surface area is 158 Å². The number of nitrogens with one attached hydrogen (secondary N) is 2. The van der Waals surface area contributed by atoms with Crippen molar-refractivity contribution in [3.8, 4) is 5.75 Å². The van der Waals surface area contributed by atoms with Gasteiger partial charge in [0.05, 0.1) is 6.54 Å². The number of carbonyl (C=O) groups is 1. The van der Waals surface area contributed by atoms with E-state index in [-0.39, 0.29) is 18.2 Å². The number of benzene rings is 2. The van der Waals surface area contributed by atoms with Crippen LogP contribution in [0.3, 0.4) is 0 Å². The summed E-state index contributed by atoms with van der Waals surface area (Å²) >= 11 is 0. The smallest absolute Gasteiger partial charge is 0.253 e. The average Bonchev–Trinajstić information content (AvgIpc) is 2.66. The van der Waals surface area contributed by atoms with Crippen molar-refractivity contribution < 1.29 is 14.3 Å². The van der Waals surface area contributed by atoms with Crippen LogP contribution in [0, 0.1) is 5.82 Å². The van der Waals surface area contributed by atoms with E-state index in [1.54, 1.807) is 32.3 Å². The topological polar surface area (TPSA) is 77.0 Å². The molecule has 0 aliphatic carbocycles. The zero-order chi connectivity index (χ0) is 19.8. The molecule has 7 heteroatoms. The van der Waals surface area contributed by atoms with E-state index in [4.69, 9.17) is 0 Å². The Morgan fingerprint density at radius 3 is 2.37 bits per heavy atom. The molecule has 0 aromatic heterocycles. The molecule has 0 atom stereocenters. The SMILES string of the molecule is CCNC(=NCc1ccc(O)c(F)c1)NCc1ccc(C(=O)N(C)C)cc1. The van der Waals surface area contributed by atoms with E-state index in [0.29, 0.717) is 30.2 Å². The molecule has 6 nitrogen and oxygen atoms in total. The van der Waals surface area contributed by atoms with Crippen LogP contribution in [0.1, 0.15) is 28.4 Å². The lowest BCUT2D eigenvalue weighted by molar-refractivity contribution is 0.0827. The highest BCUT2D eigenvalue weighted by molar-refractivity contribution is 5.93. The molecule has 0 bridgehead atoms. The van der Waals surface area contributed by atoms with Crippen molar-refractivity contribution in [1.29, 1.82) is 0 Å². The van der Waals surface area contributed by atoms with Crippen LogP contribution in [-0.4, -0.2) is 42.5 Å². The Morgan fingerprint density at radius 2 is 1.78 bits per heavy atom. The summed E-state index contributed by atoms with van der Waals surface area (Å²) in [5, 5.41) is 15.6. The van der Waals surface area contributed by atoms with Crippen LogP contribution in [0.5, 0.6) is 5.75 Å². The third-order valence-corrected chi connectivity index (χ3v) is 3.84. The lowest BCUT2D eigenvalue weighted by Crippen LogP contribution is -2.36. The van der Waals surface area contributed by atoms with Gasteiger partial charge in [0, 0.05) is 32.7 Å². The minimum Gasteiger partial charge on any atom is -0.505 e. The van der Waals surface area contributed by atoms with Gasteiger partial charge < -0.3 is 20.6 Å². The molecule has 2 aromatic carbocycles. The monoisotopic (exact) mass is 372 g/mol. The summed E-state index contributed by atoms with van der Waals surface area (Å²) < 4.78 is 13.4. The third kappa shape index (κ3) is 5.99. The van der Waals surface area contributed by atoms with E-state index in [2.05, 4.69) is 15.6 Å². The standard InChI is InChI=1S/C20H25FN4O2/c1-4-22-20(24-13-15-7-10-18(26)17(21)11-15)23-12-14-5-8-16(9-6-14)19(27)25(2)3/h5-11,26H,4,12-13H2,1-3H3,(H2,22,23,24). The zero-order valence-corrected chi connectivity index (χ0v) is 15.8. The molecular formula is C20H25FN4O2. The van der Waals surface area contributed by atoms with Crippen LogP contribution in [0.2, 0.25) is 0 Å². The number of phenols is 1. The fraction of sp³-hybridized carbons (Fsp3) is 0.300. The summed E-state index contributed by atoms with van der Waals surface area (Å²) in [5.41, 5.74) is 2.30. The average molecular weight is 372 g/mol. The number of guanidine groups is 1. The predicted octanol–water partition coefficient (Wildman–Crippen LogP) is 2.49. The van der Waals surface area contributed by atoms with Gasteiger partial charge in [-0.25, -0.2) is 9.38 Å². The highest BCUT2D eigenvalue weighted by atomic mass is 19.1. The molecule has 0 aliphatic heterocycles. The first-order valence-corrected chi connectivity index (χ1v) is 8.71. The van der Waals surface area contributed by atoms with Gasteiger partial charge in [0.1, 0.15) is 0 Å². The fourth-order valence-electron chi connectivity index (χ4n) is 2.37. The van der Waals surface area contributed by atoms with E-state index in [0.717, 1.165) is 5.56 Å². The summed E-state index contributed by atoms with van der Waals surface area (Å²) in [6.45, 7) is 3.46. The van der Waals surface area contributed by atoms with Crippen molar-refractivity contribution in [3.63, 3.8) is 0 Å². The molecule has 27 heavy (non-hydrogen) atoms. The number of hydrogen-bond donors (Lipinski definition) is 3. The molecule has 0 heterocycles. The number of aromatic hydroxyl groups is 1. The number of hydrogen-bond acceptors (Lipinski definition) is 3. The largest absolute Gasteiger partial charge is 0.505 e. The summed E-state index contributed by atoms with van der Waals surface area (Å²) in [6.07, 6.45) is 0. The molecule has 0 radical (unpaired) electrons. The van der Waals surface area contributed by atoms with Gasteiger partial charge in [0.15, 0.2) is 17.5 Å². The first-order valence-electron chi connectivity index (χ1n) is 8.71. The molecule has 0 saturated carbocycles. The number of amides is 1. The van der Waals surface area contributed by atoms with Crippen LogP contribution in [0.25, 0.3) is 0 Å². The molecule has 0 aliphatic rings. The van der Waals surface area contributed by atoms with Crippen molar-refractivity contribution in [3.05, 3.63) is 65.0 Å². The van der Waals surface area contributed by atoms with Crippen molar-refractivity contribution >= 4 is 11.9 Å². The van der Waals surface area contributed by atoms with Crippen LogP contribution in [0.4, 0.5) is 4.39 Å². The van der Waals surface area contributed by atoms with Crippen molar-refractivity contribution in [1.82, 2.24) is 15.5 Å². The Balaban J connectivity index is 1.99. The van der Waals surface area contributed by atoms with Gasteiger partial charge in [-0.1, -0.05) is 18.2 Å². The number of carbonyl (C=O) groups excluding carboxylic acids is 1. The lowest BCUT2D eigenvalue weighted by atomic mass is 10.1. The third-order valence-electron chi connectivity index (χ3n) is 3.84. The van der Waals surface area contributed by atoms with Crippen LogP contribution >= 0.6 is 0 Å². The summed E-state index contributed by atoms with van der Waals surface area (Å²) in [6, 6.07) is 11.6. The minimum absolute atomic E-state index is 0.0365. The summed E-state index contributed by atoms with van der Waals surface area (Å²) in [7, 11) is 3.44. The molecule has 0 spiro atoms. The predicted molar refractivity (Wildman–Crippen MR) is 104 cm³/mol. The van der Waals surface area contributed by atoms with Gasteiger partial charge in [0.25, 0.3) is 5.91 Å². The molecule has 0 unspecified atom stereocenters. The van der Waals surface area contributed by atoms with E-state index in [9.17, 15) is 14.3 Å². The van der Waals surface area contributed by atoms with Crippen LogP contribution in [0.15, 0.2) is 47.5 Å². The number of aliphatic imine (C=N–C) groups is 1. The summed E-state index contributed by atoms with van der Waals surface area (Å²) in [5.74, 6) is -0.470. The maximum absolute atomic E-state index is 13.4. The number of rotatable bonds is 6. The van der Waals surface area contributed by atoms with E-state index >= 15 is 0 Å². The molecular weight excluding hydrogens is 347 g/mol. The van der Waals surface area contributed by atoms with Gasteiger partial charge in [-0.3, -0.25) is 4.79 Å². The highest BCUT2D eigenvalue weighted by Gasteiger charge is 2.07. The first-order chi connectivity index (χ1) is 12.9. The van der Waals surface area contributed by atoms with E-state index < -0.39 is 5.82 Å². The maximum Gasteiger partial charge on any atom is 0.253 e. The van der Waals surface area contributed by atoms with Gasteiger partial charge in [-0.05, 0) is 42.3 Å². The second-order valence-electron chi connectivity index (χ2n) is 6.23. The van der Waals surface area contributed by atoms with Gasteiger partial charge in [0.2, 0.25) is 0 Å². The number of nitrogens with zero attached hydrogens (tertiary/aromatic N) is 2. The van der Waals surface area contributed by atoms with Crippen molar-refractivity contribution in [2.24, 2.45) is 4.99 Å². The molecule has 144 valence electrons. The number of phenolic OH excluding ortho intramolecular Hbond substituents is 1. The quantitative estimate of drug-likeness (QED) is 0.538. The van der Waals surface area contributed by atoms with Crippen LogP contribution in [-0.2, 0) is 13.1 Å². The minimum atomic E-state index is -0.659. The Morgan fingerprint density at radius 1 is 1.11 bits per heavy atom. The number of halogens is 1. The Bertz CT molecular complexity index is 804. The normalized spacial score (nSPS) is 11.2. The second kappa shape index (κ2) is 9.56. The van der Waals surface area contributed by atoms with Gasteiger partial charge in [-0.2, -0.15) is 0 Å². The van der Waals surface area contributed by atoms with Gasteiger partial charge >= 0.3 is 0 Å². The van der Waals surface area contributed by atoms with E-state index in [1.165, 1.54) is 17.0 Å². The second-order valence-corrected chi connectivity index (χ2v) is 6.23.